The van der Waals surface area contributed by atoms with Crippen LogP contribution in [0.25, 0.3) is 5.57 Å². The lowest BCUT2D eigenvalue weighted by molar-refractivity contribution is 0.426. The van der Waals surface area contributed by atoms with E-state index in [2.05, 4.69) is 38.3 Å². The fourth-order valence-electron chi connectivity index (χ4n) is 1.56. The van der Waals surface area contributed by atoms with E-state index in [0.29, 0.717) is 0 Å². The van der Waals surface area contributed by atoms with Gasteiger partial charge in [0, 0.05) is 0 Å². The number of aliphatic hydroxyl groups excluding tert-OH is 1. The monoisotopic (exact) mass is 240 g/mol. The van der Waals surface area contributed by atoms with Gasteiger partial charge in [0.25, 0.3) is 0 Å². The van der Waals surface area contributed by atoms with Crippen molar-refractivity contribution in [3.63, 3.8) is 0 Å². The first-order chi connectivity index (χ1) is 8.58. The van der Waals surface area contributed by atoms with E-state index in [1.165, 1.54) is 5.56 Å². The largest absolute Gasteiger partial charge is 0.508 e. The molecule has 0 heterocycles. The van der Waals surface area contributed by atoms with Crippen molar-refractivity contribution in [3.05, 3.63) is 78.1 Å². The second kappa shape index (κ2) is 6.65. The first-order valence-corrected chi connectivity index (χ1v) is 6.07. The summed E-state index contributed by atoms with van der Waals surface area (Å²) in [6, 6.07) is 8.38. The third-order valence-electron chi connectivity index (χ3n) is 2.86. The van der Waals surface area contributed by atoms with Crippen LogP contribution in [0.3, 0.4) is 0 Å². The van der Waals surface area contributed by atoms with Crippen LogP contribution >= 0.6 is 0 Å². The van der Waals surface area contributed by atoms with Crippen molar-refractivity contribution in [3.8, 4) is 0 Å². The van der Waals surface area contributed by atoms with Gasteiger partial charge in [0.15, 0.2) is 0 Å². The fourth-order valence-corrected chi connectivity index (χ4v) is 1.56. The summed E-state index contributed by atoms with van der Waals surface area (Å²) < 4.78 is 0. The van der Waals surface area contributed by atoms with Gasteiger partial charge in [-0.15, -0.1) is 0 Å². The Balaban J connectivity index is 3.09. The molecular formula is C17H20O. The second-order valence-electron chi connectivity index (χ2n) is 4.18. The number of aryl methyl sites for hydroxylation is 1. The predicted octanol–water partition coefficient (Wildman–Crippen LogP) is 4.84. The number of rotatable bonds is 5. The highest BCUT2D eigenvalue weighted by Gasteiger charge is 1.98. The molecule has 0 aliphatic carbocycles. The van der Waals surface area contributed by atoms with Crippen LogP contribution in [0.15, 0.2) is 67.0 Å². The smallest absolute Gasteiger partial charge is 0.111 e. The van der Waals surface area contributed by atoms with Gasteiger partial charge < -0.3 is 5.11 Å². The standard InChI is InChI=1S/C17H20O/c1-5-15-8-7-9-17(12-15)16(6-2)11-10-13(3)14(4)18/h6-12,18H,2,4-5H2,1,3H3/b13-10+,16-11+. The molecule has 1 rings (SSSR count). The van der Waals surface area contributed by atoms with Crippen LogP contribution in [0, 0.1) is 0 Å². The van der Waals surface area contributed by atoms with Gasteiger partial charge >= 0.3 is 0 Å². The van der Waals surface area contributed by atoms with Crippen molar-refractivity contribution in [2.75, 3.05) is 0 Å². The Hall–Kier alpha value is -2.02. The van der Waals surface area contributed by atoms with E-state index in [1.807, 2.05) is 31.2 Å². The zero-order valence-electron chi connectivity index (χ0n) is 11.1. The van der Waals surface area contributed by atoms with Crippen LogP contribution in [-0.4, -0.2) is 5.11 Å². The SMILES string of the molecule is C=C/C(=C\C=C(/C)C(=C)O)c1cccc(CC)c1. The number of benzene rings is 1. The maximum atomic E-state index is 9.24. The molecule has 0 saturated heterocycles. The highest BCUT2D eigenvalue weighted by atomic mass is 16.3. The van der Waals surface area contributed by atoms with Gasteiger partial charge in [0.2, 0.25) is 0 Å². The van der Waals surface area contributed by atoms with Crippen molar-refractivity contribution < 1.29 is 5.11 Å². The molecule has 0 unspecified atom stereocenters. The van der Waals surface area contributed by atoms with Crippen molar-refractivity contribution in [1.29, 1.82) is 0 Å². The summed E-state index contributed by atoms with van der Waals surface area (Å²) in [6.07, 6.45) is 6.62. The normalized spacial score (nSPS) is 12.3. The first kappa shape index (κ1) is 14.0. The van der Waals surface area contributed by atoms with Crippen molar-refractivity contribution in [1.82, 2.24) is 0 Å². The highest BCUT2D eigenvalue weighted by molar-refractivity contribution is 5.75. The van der Waals surface area contributed by atoms with Gasteiger partial charge in [-0.25, -0.2) is 0 Å². The summed E-state index contributed by atoms with van der Waals surface area (Å²) in [7, 11) is 0. The van der Waals surface area contributed by atoms with Crippen LogP contribution in [0.4, 0.5) is 0 Å². The zero-order chi connectivity index (χ0) is 13.5. The topological polar surface area (TPSA) is 20.2 Å². The third kappa shape index (κ3) is 3.77. The molecule has 0 atom stereocenters. The predicted molar refractivity (Wildman–Crippen MR) is 79.5 cm³/mol. The first-order valence-electron chi connectivity index (χ1n) is 6.07. The molecule has 0 amide bonds. The minimum Gasteiger partial charge on any atom is -0.508 e. The summed E-state index contributed by atoms with van der Waals surface area (Å²) in [6.45, 7) is 11.3. The minimum atomic E-state index is 0.0944. The lowest BCUT2D eigenvalue weighted by Crippen LogP contribution is -1.85. The quantitative estimate of drug-likeness (QED) is 0.577. The maximum absolute atomic E-state index is 9.24. The molecule has 1 heteroatoms. The van der Waals surface area contributed by atoms with Gasteiger partial charge in [0.1, 0.15) is 5.76 Å². The molecule has 0 aromatic heterocycles. The van der Waals surface area contributed by atoms with E-state index < -0.39 is 0 Å². The number of aliphatic hydroxyl groups is 1. The molecule has 0 aliphatic heterocycles. The van der Waals surface area contributed by atoms with Crippen LogP contribution in [0.2, 0.25) is 0 Å². The number of allylic oxidation sites excluding steroid dienone is 5. The van der Waals surface area contributed by atoms with Gasteiger partial charge in [-0.05, 0) is 35.6 Å². The third-order valence-corrected chi connectivity index (χ3v) is 2.86. The van der Waals surface area contributed by atoms with Crippen molar-refractivity contribution in [2.45, 2.75) is 20.3 Å². The molecule has 1 aromatic rings. The van der Waals surface area contributed by atoms with Crippen molar-refractivity contribution >= 4 is 5.57 Å². The van der Waals surface area contributed by atoms with E-state index in [0.717, 1.165) is 23.1 Å². The van der Waals surface area contributed by atoms with Crippen LogP contribution in [-0.2, 0) is 6.42 Å². The Labute approximate surface area is 109 Å². The zero-order valence-corrected chi connectivity index (χ0v) is 11.1. The molecule has 18 heavy (non-hydrogen) atoms. The Morgan fingerprint density at radius 3 is 2.61 bits per heavy atom. The molecule has 1 N–H and O–H groups in total. The van der Waals surface area contributed by atoms with Crippen LogP contribution in [0.5, 0.6) is 0 Å². The maximum Gasteiger partial charge on any atom is 0.111 e. The molecular weight excluding hydrogens is 220 g/mol. The Morgan fingerprint density at radius 2 is 2.06 bits per heavy atom. The average Bonchev–Trinajstić information content (AvgIpc) is 2.39. The van der Waals surface area contributed by atoms with Gasteiger partial charge in [-0.3, -0.25) is 0 Å². The van der Waals surface area contributed by atoms with Gasteiger partial charge in [0.05, 0.1) is 0 Å². The summed E-state index contributed by atoms with van der Waals surface area (Å²) in [5.41, 5.74) is 4.22. The molecule has 0 saturated carbocycles. The number of hydrogen-bond acceptors (Lipinski definition) is 1. The summed E-state index contributed by atoms with van der Waals surface area (Å²) >= 11 is 0. The highest BCUT2D eigenvalue weighted by Crippen LogP contribution is 2.18. The van der Waals surface area contributed by atoms with E-state index in [-0.39, 0.29) is 5.76 Å². The molecule has 0 spiro atoms. The lowest BCUT2D eigenvalue weighted by atomic mass is 10.0. The summed E-state index contributed by atoms with van der Waals surface area (Å²) in [4.78, 5) is 0. The van der Waals surface area contributed by atoms with Crippen molar-refractivity contribution in [2.24, 2.45) is 0 Å². The fraction of sp³-hybridized carbons (Fsp3) is 0.176. The Morgan fingerprint density at radius 1 is 1.33 bits per heavy atom. The molecule has 0 aliphatic rings. The molecule has 0 bridgehead atoms. The van der Waals surface area contributed by atoms with E-state index >= 15 is 0 Å². The van der Waals surface area contributed by atoms with E-state index in [4.69, 9.17) is 0 Å². The molecule has 1 aromatic carbocycles. The molecule has 0 radical (unpaired) electrons. The van der Waals surface area contributed by atoms with E-state index in [1.54, 1.807) is 0 Å². The summed E-state index contributed by atoms with van der Waals surface area (Å²) in [5.74, 6) is 0.0944. The number of hydrogen-bond donors (Lipinski definition) is 1. The van der Waals surface area contributed by atoms with E-state index in [9.17, 15) is 5.11 Å². The molecule has 94 valence electrons. The molecule has 0 fully saturated rings. The Bertz CT molecular complexity index is 504. The van der Waals surface area contributed by atoms with Crippen LogP contribution in [0.1, 0.15) is 25.0 Å². The second-order valence-corrected chi connectivity index (χ2v) is 4.18. The molecule has 1 nitrogen and oxygen atoms in total. The van der Waals surface area contributed by atoms with Gasteiger partial charge in [-0.2, -0.15) is 0 Å². The summed E-state index contributed by atoms with van der Waals surface area (Å²) in [5, 5.41) is 9.24. The Kier molecular flexibility index (Phi) is 5.19. The minimum absolute atomic E-state index is 0.0944. The van der Waals surface area contributed by atoms with Crippen LogP contribution < -0.4 is 0 Å². The van der Waals surface area contributed by atoms with Gasteiger partial charge in [-0.1, -0.05) is 62.6 Å². The lowest BCUT2D eigenvalue weighted by Gasteiger charge is -2.04. The average molecular weight is 240 g/mol.